The molecule has 3 aromatic carbocycles. The Morgan fingerprint density at radius 3 is 2.32 bits per heavy atom. The number of azo groups is 1. The van der Waals surface area contributed by atoms with Gasteiger partial charge in [0.25, 0.3) is 10.1 Å². The van der Waals surface area contributed by atoms with Crippen molar-refractivity contribution >= 4 is 32.3 Å². The molecule has 0 bridgehead atoms. The smallest absolute Gasteiger partial charge is 0.294 e. The van der Waals surface area contributed by atoms with E-state index in [9.17, 15) is 13.5 Å². The third kappa shape index (κ3) is 3.52. The summed E-state index contributed by atoms with van der Waals surface area (Å²) in [7, 11) is -4.30. The zero-order chi connectivity index (χ0) is 18.2. The van der Waals surface area contributed by atoms with Gasteiger partial charge in [-0.1, -0.05) is 18.2 Å². The van der Waals surface area contributed by atoms with E-state index < -0.39 is 10.1 Å². The van der Waals surface area contributed by atoms with Gasteiger partial charge in [-0.05, 0) is 60.7 Å². The Morgan fingerprint density at radius 1 is 0.880 bits per heavy atom. The second kappa shape index (κ2) is 6.27. The van der Waals surface area contributed by atoms with Crippen LogP contribution in [-0.2, 0) is 10.1 Å². The topological polar surface area (TPSA) is 99.3 Å². The van der Waals surface area contributed by atoms with Gasteiger partial charge in [-0.15, -0.1) is 5.11 Å². The second-order valence-electron chi connectivity index (χ2n) is 5.76. The molecule has 0 saturated carbocycles. The van der Waals surface area contributed by atoms with Gasteiger partial charge in [0, 0.05) is 5.39 Å². The zero-order valence-corrected chi connectivity index (χ0v) is 14.4. The molecular weight excluding hydrogens is 346 g/mol. The summed E-state index contributed by atoms with van der Waals surface area (Å²) in [5.74, 6) is -0.0697. The minimum Gasteiger partial charge on any atom is -0.506 e. The summed E-state index contributed by atoms with van der Waals surface area (Å²) in [6.45, 7) is 3.97. The molecule has 6 nitrogen and oxygen atoms in total. The van der Waals surface area contributed by atoms with Crippen molar-refractivity contribution in [1.29, 1.82) is 0 Å². The number of hydrogen-bond acceptors (Lipinski definition) is 5. The summed E-state index contributed by atoms with van der Waals surface area (Å²) in [5.41, 5.74) is 3.10. The summed E-state index contributed by atoms with van der Waals surface area (Å²) in [6, 6.07) is 12.7. The van der Waals surface area contributed by atoms with Crippen LogP contribution in [0.1, 0.15) is 11.1 Å². The number of aryl methyl sites for hydroxylation is 2. The van der Waals surface area contributed by atoms with Gasteiger partial charge >= 0.3 is 0 Å². The van der Waals surface area contributed by atoms with E-state index in [1.165, 1.54) is 24.3 Å². The van der Waals surface area contributed by atoms with Crippen LogP contribution in [0.5, 0.6) is 5.75 Å². The van der Waals surface area contributed by atoms with Crippen LogP contribution in [0.4, 0.5) is 11.4 Å². The van der Waals surface area contributed by atoms with E-state index in [2.05, 4.69) is 10.2 Å². The predicted octanol–water partition coefficient (Wildman–Crippen LogP) is 4.82. The third-order valence-corrected chi connectivity index (χ3v) is 4.85. The van der Waals surface area contributed by atoms with Crippen LogP contribution in [0.15, 0.2) is 63.7 Å². The molecule has 0 aliphatic rings. The molecule has 0 saturated heterocycles. The van der Waals surface area contributed by atoms with Crippen LogP contribution in [0, 0.1) is 13.8 Å². The lowest BCUT2D eigenvalue weighted by Crippen LogP contribution is -1.97. The van der Waals surface area contributed by atoms with Crippen LogP contribution in [0.3, 0.4) is 0 Å². The first-order valence-electron chi connectivity index (χ1n) is 7.48. The number of hydrogen-bond donors (Lipinski definition) is 2. The van der Waals surface area contributed by atoms with Crippen LogP contribution in [-0.4, -0.2) is 18.1 Å². The standard InChI is InChI=1S/C18H16N2O4S/c1-11-3-5-14(9-12(11)2)19-20-18-16-7-6-15(25(22,23)24)10-13(16)4-8-17(18)21/h3-10,21H,1-2H3,(H,22,23,24)/i3+1,5+1,9+1,11+1,12+1,14+1. The molecule has 0 amide bonds. The highest BCUT2D eigenvalue weighted by Crippen LogP contribution is 2.37. The van der Waals surface area contributed by atoms with E-state index in [0.29, 0.717) is 16.5 Å². The van der Waals surface area contributed by atoms with E-state index in [4.69, 9.17) is 4.55 Å². The lowest BCUT2D eigenvalue weighted by molar-refractivity contribution is 0.477. The van der Waals surface area contributed by atoms with Crippen LogP contribution in [0.2, 0.25) is 0 Å². The van der Waals surface area contributed by atoms with Crippen molar-refractivity contribution in [2.75, 3.05) is 0 Å². The highest BCUT2D eigenvalue weighted by Gasteiger charge is 2.13. The molecule has 0 aliphatic heterocycles. The molecule has 7 heteroatoms. The molecule has 3 rings (SSSR count). The van der Waals surface area contributed by atoms with Crippen LogP contribution < -0.4 is 0 Å². The Balaban J connectivity index is 2.10. The van der Waals surface area contributed by atoms with Gasteiger partial charge in [0.2, 0.25) is 0 Å². The van der Waals surface area contributed by atoms with Crippen molar-refractivity contribution in [1.82, 2.24) is 0 Å². The molecule has 3 aromatic rings. The number of aromatic hydroxyl groups is 1. The average molecular weight is 362 g/mol. The molecule has 25 heavy (non-hydrogen) atoms. The minimum absolute atomic E-state index is 0.0697. The molecule has 0 aliphatic carbocycles. The van der Waals surface area contributed by atoms with Crippen molar-refractivity contribution in [3.63, 3.8) is 0 Å². The number of phenolic OH excluding ortho intramolecular Hbond substituents is 1. The Morgan fingerprint density at radius 2 is 1.64 bits per heavy atom. The van der Waals surface area contributed by atoms with E-state index >= 15 is 0 Å². The first kappa shape index (κ1) is 17.1. The molecule has 0 fully saturated rings. The largest absolute Gasteiger partial charge is 0.506 e. The maximum absolute atomic E-state index is 11.3. The van der Waals surface area contributed by atoms with E-state index in [1.54, 1.807) is 6.07 Å². The molecule has 0 atom stereocenters. The number of rotatable bonds is 3. The highest BCUT2D eigenvalue weighted by molar-refractivity contribution is 7.85. The molecule has 0 radical (unpaired) electrons. The van der Waals surface area contributed by atoms with E-state index in [1.807, 2.05) is 32.0 Å². The predicted molar refractivity (Wildman–Crippen MR) is 95.5 cm³/mol. The van der Waals surface area contributed by atoms with Crippen molar-refractivity contribution in [3.05, 3.63) is 59.7 Å². The number of phenols is 1. The van der Waals surface area contributed by atoms with Gasteiger partial charge in [-0.3, -0.25) is 4.55 Å². The minimum atomic E-state index is -4.30. The van der Waals surface area contributed by atoms with Crippen molar-refractivity contribution < 1.29 is 18.1 Å². The lowest BCUT2D eigenvalue weighted by Gasteiger charge is -2.06. The molecule has 0 unspecified atom stereocenters. The quantitative estimate of drug-likeness (QED) is 0.515. The second-order valence-corrected chi connectivity index (χ2v) is 7.18. The number of benzene rings is 3. The summed E-state index contributed by atoms with van der Waals surface area (Å²) in [6.07, 6.45) is 0. The van der Waals surface area contributed by atoms with Crippen molar-refractivity contribution in [3.8, 4) is 5.75 Å². The summed E-state index contributed by atoms with van der Waals surface area (Å²) in [5, 5.41) is 19.4. The van der Waals surface area contributed by atoms with Gasteiger partial charge < -0.3 is 5.11 Å². The third-order valence-electron chi connectivity index (χ3n) is 4.00. The SMILES string of the molecule is C[13c]1[13cH][13cH][13c](N=Nc2c(O)ccc3cc(S(=O)(=O)O)ccc23)[13cH][13c]1C. The molecule has 0 aromatic heterocycles. The molecule has 128 valence electrons. The molecule has 0 heterocycles. The number of nitrogens with zero attached hydrogens (tertiary/aromatic N) is 2. The summed E-state index contributed by atoms with van der Waals surface area (Å²) >= 11 is 0. The fourth-order valence-corrected chi connectivity index (χ4v) is 2.96. The normalized spacial score (nSPS) is 12.1. The maximum Gasteiger partial charge on any atom is 0.294 e. The fourth-order valence-electron chi connectivity index (χ4n) is 2.44. The highest BCUT2D eigenvalue weighted by atomic mass is 32.2. The Labute approximate surface area is 145 Å². The van der Waals surface area contributed by atoms with Crippen molar-refractivity contribution in [2.24, 2.45) is 10.2 Å². The van der Waals surface area contributed by atoms with Gasteiger partial charge in [0.1, 0.15) is 11.4 Å². The van der Waals surface area contributed by atoms with Gasteiger partial charge in [0.05, 0.1) is 10.6 Å². The maximum atomic E-state index is 11.3. The molecular formula is C18H16N2O4S. The monoisotopic (exact) mass is 362 g/mol. The van der Waals surface area contributed by atoms with Crippen LogP contribution in [0.25, 0.3) is 10.8 Å². The molecule has 0 spiro atoms. The molecule has 2 N–H and O–H groups in total. The van der Waals surface area contributed by atoms with Gasteiger partial charge in [-0.2, -0.15) is 13.5 Å². The Hall–Kier alpha value is -2.77. The van der Waals surface area contributed by atoms with Crippen molar-refractivity contribution in [2.45, 2.75) is 18.7 Å². The average Bonchev–Trinajstić information content (AvgIpc) is 2.55. The van der Waals surface area contributed by atoms with Gasteiger partial charge in [-0.25, -0.2) is 0 Å². The summed E-state index contributed by atoms with van der Waals surface area (Å²) < 4.78 is 31.7. The fraction of sp³-hybridized carbons (Fsp3) is 0.111. The van der Waals surface area contributed by atoms with Gasteiger partial charge in [0.15, 0.2) is 0 Å². The Bertz CT molecular complexity index is 1110. The zero-order valence-electron chi connectivity index (χ0n) is 13.6. The van der Waals surface area contributed by atoms with E-state index in [0.717, 1.165) is 11.1 Å². The first-order valence-corrected chi connectivity index (χ1v) is 8.92. The lowest BCUT2D eigenvalue weighted by atomic mass is 10.1. The number of fused-ring (bicyclic) bond motifs is 1. The Kier molecular flexibility index (Phi) is 4.28. The van der Waals surface area contributed by atoms with E-state index in [-0.39, 0.29) is 16.3 Å². The first-order chi connectivity index (χ1) is 11.8. The summed E-state index contributed by atoms with van der Waals surface area (Å²) in [4.78, 5) is -0.220. The van der Waals surface area contributed by atoms with Crippen LogP contribution >= 0.6 is 0 Å².